The van der Waals surface area contributed by atoms with Crippen LogP contribution in [-0.2, 0) is 21.2 Å². The van der Waals surface area contributed by atoms with Gasteiger partial charge in [0.25, 0.3) is 5.56 Å². The molecule has 1 aliphatic heterocycles. The summed E-state index contributed by atoms with van der Waals surface area (Å²) in [5.41, 5.74) is 1.93. The first-order valence-electron chi connectivity index (χ1n) is 11.2. The molecule has 1 aromatic rings. The molecule has 4 rings (SSSR count). The van der Waals surface area contributed by atoms with Crippen molar-refractivity contribution in [3.8, 4) is 0 Å². The van der Waals surface area contributed by atoms with Crippen LogP contribution in [0.5, 0.6) is 0 Å². The van der Waals surface area contributed by atoms with Crippen LogP contribution in [0.2, 0.25) is 0 Å². The van der Waals surface area contributed by atoms with Crippen molar-refractivity contribution in [2.24, 2.45) is 5.92 Å². The van der Waals surface area contributed by atoms with Crippen molar-refractivity contribution in [1.82, 2.24) is 9.29 Å². The van der Waals surface area contributed by atoms with Crippen LogP contribution in [-0.4, -0.2) is 37.5 Å². The van der Waals surface area contributed by atoms with Crippen LogP contribution in [0.1, 0.15) is 82.0 Å². The molecule has 2 aliphatic carbocycles. The van der Waals surface area contributed by atoms with Crippen LogP contribution in [0.15, 0.2) is 16.9 Å². The maximum absolute atomic E-state index is 13.3. The molecule has 2 atom stereocenters. The third kappa shape index (κ3) is 4.78. The molecular formula is C22H34N2O4S. The maximum atomic E-state index is 13.3. The second-order valence-electron chi connectivity index (χ2n) is 9.18. The van der Waals surface area contributed by atoms with Gasteiger partial charge < -0.3 is 9.30 Å². The zero-order valence-electron chi connectivity index (χ0n) is 17.6. The minimum absolute atomic E-state index is 0.0431. The third-order valence-corrected chi connectivity index (χ3v) is 8.35. The summed E-state index contributed by atoms with van der Waals surface area (Å²) in [4.78, 5) is 13.3. The fourth-order valence-electron chi connectivity index (χ4n) is 4.83. The van der Waals surface area contributed by atoms with Crippen LogP contribution in [0.3, 0.4) is 0 Å². The van der Waals surface area contributed by atoms with E-state index in [9.17, 15) is 13.2 Å². The summed E-state index contributed by atoms with van der Waals surface area (Å²) in [7, 11) is -3.35. The van der Waals surface area contributed by atoms with E-state index < -0.39 is 10.0 Å². The molecule has 2 saturated carbocycles. The Bertz CT molecular complexity index is 883. The number of nitrogens with zero attached hydrogens (tertiary/aromatic N) is 1. The van der Waals surface area contributed by atoms with Gasteiger partial charge in [0.2, 0.25) is 10.0 Å². The van der Waals surface area contributed by atoms with Crippen molar-refractivity contribution in [1.29, 1.82) is 0 Å². The Morgan fingerprint density at radius 2 is 1.83 bits per heavy atom. The zero-order valence-corrected chi connectivity index (χ0v) is 18.4. The Balaban J connectivity index is 1.60. The predicted molar refractivity (Wildman–Crippen MR) is 114 cm³/mol. The Labute approximate surface area is 174 Å². The van der Waals surface area contributed by atoms with Gasteiger partial charge in [0.05, 0.1) is 24.5 Å². The molecule has 6 nitrogen and oxygen atoms in total. The first-order chi connectivity index (χ1) is 13.9. The average molecular weight is 423 g/mol. The van der Waals surface area contributed by atoms with Crippen molar-refractivity contribution < 1.29 is 13.2 Å². The summed E-state index contributed by atoms with van der Waals surface area (Å²) in [6, 6.07) is 3.46. The number of aryl methyl sites for hydroxylation is 1. The zero-order chi connectivity index (χ0) is 20.6. The molecule has 162 valence electrons. The van der Waals surface area contributed by atoms with Crippen molar-refractivity contribution in [3.05, 3.63) is 33.7 Å². The summed E-state index contributed by atoms with van der Waals surface area (Å²) in [6.45, 7) is 4.31. The first-order valence-corrected chi connectivity index (χ1v) is 12.9. The second kappa shape index (κ2) is 8.52. The van der Waals surface area contributed by atoms with Gasteiger partial charge in [-0.1, -0.05) is 13.0 Å². The lowest BCUT2D eigenvalue weighted by Gasteiger charge is -2.37. The molecule has 3 aliphatic rings. The molecule has 29 heavy (non-hydrogen) atoms. The molecule has 0 saturated heterocycles. The molecule has 0 spiro atoms. The van der Waals surface area contributed by atoms with Crippen LogP contribution in [0.4, 0.5) is 0 Å². The summed E-state index contributed by atoms with van der Waals surface area (Å²) in [6.07, 6.45) is 8.18. The van der Waals surface area contributed by atoms with Crippen molar-refractivity contribution >= 4 is 10.0 Å². The number of fused-ring (bicyclic) bond motifs is 1. The standard InChI is InChI=1S/C22H34N2O4S/c1-3-29(26,27)23-20-13-9-17-8-12-19(16-6-7-16)22(25)24(17)21(20)14-28-18-10-4-15(2)5-11-18/h8,12,15-16,18,20-21,23H,3-7,9-11,13-14H2,1-2H3. The Morgan fingerprint density at radius 1 is 1.10 bits per heavy atom. The van der Waals surface area contributed by atoms with Crippen LogP contribution >= 0.6 is 0 Å². The number of ether oxygens (including phenoxy) is 1. The smallest absolute Gasteiger partial charge is 0.254 e. The number of hydrogen-bond donors (Lipinski definition) is 1. The van der Waals surface area contributed by atoms with E-state index >= 15 is 0 Å². The number of nitrogens with one attached hydrogen (secondary N) is 1. The van der Waals surface area contributed by atoms with E-state index in [-0.39, 0.29) is 29.5 Å². The van der Waals surface area contributed by atoms with Crippen LogP contribution in [0.25, 0.3) is 0 Å². The fraction of sp³-hybridized carbons (Fsp3) is 0.773. The second-order valence-corrected chi connectivity index (χ2v) is 11.2. The molecule has 1 aromatic heterocycles. The Hall–Kier alpha value is -1.18. The van der Waals surface area contributed by atoms with E-state index in [1.807, 2.05) is 10.6 Å². The van der Waals surface area contributed by atoms with Gasteiger partial charge in [-0.05, 0) is 76.2 Å². The summed E-state index contributed by atoms with van der Waals surface area (Å²) < 4.78 is 35.6. The van der Waals surface area contributed by atoms with Crippen LogP contribution in [0, 0.1) is 5.92 Å². The number of pyridine rings is 1. The van der Waals surface area contributed by atoms with E-state index in [4.69, 9.17) is 4.74 Å². The molecule has 7 heteroatoms. The highest BCUT2D eigenvalue weighted by Crippen LogP contribution is 2.39. The largest absolute Gasteiger partial charge is 0.376 e. The van der Waals surface area contributed by atoms with Crippen molar-refractivity contribution in [3.63, 3.8) is 0 Å². The quantitative estimate of drug-likeness (QED) is 0.732. The molecule has 1 N–H and O–H groups in total. The molecule has 2 fully saturated rings. The SMILES string of the molecule is CCS(=O)(=O)NC1CCc2ccc(C3CC3)c(=O)n2C1COC1CCC(C)CC1. The van der Waals surface area contributed by atoms with Gasteiger partial charge in [0.1, 0.15) is 0 Å². The van der Waals surface area contributed by atoms with E-state index in [0.29, 0.717) is 25.4 Å². The number of aromatic nitrogens is 1. The molecule has 0 radical (unpaired) electrons. The summed E-state index contributed by atoms with van der Waals surface area (Å²) in [5.74, 6) is 1.16. The van der Waals surface area contributed by atoms with Crippen LogP contribution < -0.4 is 10.3 Å². The van der Waals surface area contributed by atoms with Gasteiger partial charge in [-0.25, -0.2) is 13.1 Å². The fourth-order valence-corrected chi connectivity index (χ4v) is 5.73. The lowest BCUT2D eigenvalue weighted by molar-refractivity contribution is -0.00540. The monoisotopic (exact) mass is 422 g/mol. The van der Waals surface area contributed by atoms with E-state index in [2.05, 4.69) is 17.7 Å². The van der Waals surface area contributed by atoms with E-state index in [0.717, 1.165) is 42.9 Å². The Kier molecular flexibility index (Phi) is 6.19. The predicted octanol–water partition coefficient (Wildman–Crippen LogP) is 3.12. The topological polar surface area (TPSA) is 77.4 Å². The Morgan fingerprint density at radius 3 is 2.48 bits per heavy atom. The minimum Gasteiger partial charge on any atom is -0.376 e. The number of hydrogen-bond acceptors (Lipinski definition) is 4. The average Bonchev–Trinajstić information content (AvgIpc) is 3.53. The van der Waals surface area contributed by atoms with Gasteiger partial charge in [-0.3, -0.25) is 4.79 Å². The normalized spacial score (nSPS) is 30.1. The summed E-state index contributed by atoms with van der Waals surface area (Å²) in [5, 5.41) is 0. The van der Waals surface area contributed by atoms with Crippen molar-refractivity contribution in [2.45, 2.75) is 89.3 Å². The molecule has 2 unspecified atom stereocenters. The highest BCUT2D eigenvalue weighted by molar-refractivity contribution is 7.89. The molecule has 0 bridgehead atoms. The van der Waals surface area contributed by atoms with E-state index in [1.165, 1.54) is 12.8 Å². The first kappa shape index (κ1) is 21.1. The molecular weight excluding hydrogens is 388 g/mol. The van der Waals surface area contributed by atoms with Gasteiger partial charge in [-0.15, -0.1) is 0 Å². The maximum Gasteiger partial charge on any atom is 0.254 e. The summed E-state index contributed by atoms with van der Waals surface area (Å²) >= 11 is 0. The molecule has 0 amide bonds. The number of sulfonamides is 1. The van der Waals surface area contributed by atoms with Crippen molar-refractivity contribution in [2.75, 3.05) is 12.4 Å². The molecule has 0 aromatic carbocycles. The lowest BCUT2D eigenvalue weighted by atomic mass is 9.89. The highest BCUT2D eigenvalue weighted by Gasteiger charge is 2.36. The van der Waals surface area contributed by atoms with Gasteiger partial charge in [-0.2, -0.15) is 0 Å². The number of rotatable bonds is 7. The molecule has 2 heterocycles. The van der Waals surface area contributed by atoms with Gasteiger partial charge in [0.15, 0.2) is 0 Å². The van der Waals surface area contributed by atoms with Gasteiger partial charge >= 0.3 is 0 Å². The van der Waals surface area contributed by atoms with Gasteiger partial charge in [0, 0.05) is 17.3 Å². The minimum atomic E-state index is -3.35. The third-order valence-electron chi connectivity index (χ3n) is 6.93. The lowest BCUT2D eigenvalue weighted by Crippen LogP contribution is -2.50. The van der Waals surface area contributed by atoms with E-state index in [1.54, 1.807) is 6.92 Å². The highest BCUT2D eigenvalue weighted by atomic mass is 32.2.